The van der Waals surface area contributed by atoms with Crippen molar-refractivity contribution in [2.75, 3.05) is 103 Å². The lowest BCUT2D eigenvalue weighted by molar-refractivity contribution is -0.278. The number of nitrogens with zero attached hydrogens (tertiary/aromatic N) is 7. The molecule has 10 aromatic carbocycles. The van der Waals surface area contributed by atoms with Crippen LogP contribution in [0.4, 0.5) is 25.0 Å². The Morgan fingerprint density at radius 2 is 1.23 bits per heavy atom. The van der Waals surface area contributed by atoms with Gasteiger partial charge in [0.05, 0.1) is 82.1 Å². The Bertz CT molecular complexity index is 6220. The Morgan fingerprint density at radius 3 is 1.81 bits per heavy atom. The normalized spacial score (nSPS) is 19.0. The zero-order valence-electron chi connectivity index (χ0n) is 78.4. The maximum Gasteiger partial charge on any atom is 0.508 e. The number of sulfonamides is 2. The first kappa shape index (κ1) is 108. The summed E-state index contributed by atoms with van der Waals surface area (Å²) in [4.78, 5) is 71.9. The smallest absolute Gasteiger partial charge is 0.497 e. The SMILES string of the molecule is CCOC(=O)OC[C@H]1O[C@@H](Oc2ccccc2Cc2ccc(OC)cc2)[C@H](O)[C@@H](O)[C@@H]1O.CN=C(NS(=O)(=O)c1ccc(Cl)cc1)N1C[C@H](c2ccccc2)C(c2ccc(Cl)cc2)=N1.COc1cccc([C@H]2O[C@H](CC(=O)N3CCC(CC(=O)O)CC3)C(=O)N(CC(C)(C)COC(C)=O)c3ccc(Cl)cc32)c1OC.CS(=O)(=O)N(c1cc(F)cc(F)c1)C1CN(C(c2ccc(Cl)cc2)c2ccc(Cl)cc2)C1. The number of hydrogen-bond donors (Lipinski definition) is 5. The highest BCUT2D eigenvalue weighted by atomic mass is 35.5. The largest absolute Gasteiger partial charge is 0.508 e. The molecule has 5 aliphatic rings. The predicted octanol–water partition coefficient (Wildman–Crippen LogP) is 16.8. The molecule has 5 aliphatic heterocycles. The third kappa shape index (κ3) is 28.8. The van der Waals surface area contributed by atoms with Crippen LogP contribution in [0.5, 0.6) is 23.0 Å². The topological polar surface area (TPSA) is 371 Å². The van der Waals surface area contributed by atoms with Crippen LogP contribution in [0, 0.1) is 23.0 Å². The number of rotatable bonds is 29. The molecule has 0 saturated carbocycles. The number of anilines is 2. The molecule has 0 aromatic heterocycles. The van der Waals surface area contributed by atoms with Gasteiger partial charge in [0.1, 0.15) is 66.4 Å². The number of aliphatic hydroxyl groups is 3. The van der Waals surface area contributed by atoms with Gasteiger partial charge in [0, 0.05) is 119 Å². The van der Waals surface area contributed by atoms with Crippen LogP contribution in [0.2, 0.25) is 25.1 Å². The van der Waals surface area contributed by atoms with Crippen LogP contribution in [0.1, 0.15) is 116 Å². The summed E-state index contributed by atoms with van der Waals surface area (Å²) < 4.78 is 131. The fourth-order valence-corrected chi connectivity index (χ4v) is 19.7. The van der Waals surface area contributed by atoms with E-state index < -0.39 is 110 Å². The molecule has 2 amide bonds. The van der Waals surface area contributed by atoms with Gasteiger partial charge in [-0.3, -0.25) is 33.4 Å². The van der Waals surface area contributed by atoms with Crippen LogP contribution >= 0.6 is 58.0 Å². The summed E-state index contributed by atoms with van der Waals surface area (Å²) in [5.74, 6) is -1.49. The summed E-state index contributed by atoms with van der Waals surface area (Å²) in [6, 6.07) is 65.7. The van der Waals surface area contributed by atoms with E-state index in [9.17, 15) is 70.0 Å². The molecule has 5 heterocycles. The molecule has 5 N–H and O–H groups in total. The molecule has 0 spiro atoms. The number of hydrazone groups is 1. The minimum Gasteiger partial charge on any atom is -0.497 e. The van der Waals surface area contributed by atoms with Crippen LogP contribution in [0.15, 0.2) is 246 Å². The number of aliphatic hydroxyl groups excluding tert-OH is 3. The van der Waals surface area contributed by atoms with Gasteiger partial charge in [0.2, 0.25) is 28.2 Å². The number of halogens is 7. The lowest BCUT2D eigenvalue weighted by atomic mass is 9.91. The molecule has 0 radical (unpaired) electrons. The molecule has 3 saturated heterocycles. The molecule has 3 fully saturated rings. The molecule has 0 bridgehead atoms. The van der Waals surface area contributed by atoms with Crippen LogP contribution in [-0.2, 0) is 69.3 Å². The fraction of sp³-hybridized carbons (Fsp3) is 0.343. The first-order chi connectivity index (χ1) is 67.2. The van der Waals surface area contributed by atoms with E-state index in [1.807, 2.05) is 135 Å². The van der Waals surface area contributed by atoms with Gasteiger partial charge in [-0.1, -0.05) is 181 Å². The average Bonchev–Trinajstić information content (AvgIpc) is 1.73. The number of piperidine rings is 1. The standard InChI is InChI=1S/C33H41ClN2O9.C23H20Cl2F2N2O2S.C23H20Cl2N4O2S.C23H28O9/c1-20(37)44-19-33(2,3)18-36-25-10-9-22(34)16-24(25)30(23-7-6-8-26(42-4)31(23)43-5)45-27(32(36)41)17-28(38)35-13-11-21(12-14-35)15-29(39)40;1-32(30,31)29(21-11-19(26)10-20(27)12-21)22-13-28(14-22)23(15-2-6-17(24)7-3-15)16-4-8-18(25)9-5-16;1-26-23(28-32(30,31)20-13-11-19(25)12-14-20)29-15-21(16-5-3-2-4-6-16)22(27-29)17-7-9-18(24)10-8-17;1-3-29-23(27)30-13-18-19(24)20(25)21(26)22(32-18)31-17-7-5-4-6-15(17)12-14-8-10-16(28-2)11-9-14/h6-10,16,21,27,30H,11-15,17-19H2,1-5H3,(H,39,40);2-12,22-23H,13-14H2,1H3;2-14,21H,15H2,1H3,(H,26,28);4-11,18-22,24-26H,3,12-13H2,1-2H3/t27-,30-;;21-;18-,19-,20+,21-,22-/m1.11/s1. The molecule has 10 aromatic rings. The number of carboxylic acid groups (broad SMARTS) is 1. The van der Waals surface area contributed by atoms with Crippen LogP contribution in [0.3, 0.4) is 0 Å². The highest BCUT2D eigenvalue weighted by molar-refractivity contribution is 7.92. The van der Waals surface area contributed by atoms with Gasteiger partial charge < -0.3 is 72.9 Å². The second-order valence-corrected chi connectivity index (χ2v) is 40.2. The monoisotopic (exact) mass is 2070 g/mol. The zero-order valence-corrected chi connectivity index (χ0v) is 83.8. The summed E-state index contributed by atoms with van der Waals surface area (Å²) in [7, 11) is -1.46. The van der Waals surface area contributed by atoms with E-state index >= 15 is 0 Å². The number of aliphatic imine (C=N–C) groups is 1. The summed E-state index contributed by atoms with van der Waals surface area (Å²) >= 11 is 30.6. The van der Waals surface area contributed by atoms with Crippen LogP contribution in [-0.4, -0.2) is 230 Å². The number of fused-ring (bicyclic) bond motifs is 1. The number of ether oxygens (including phenoxy) is 9. The van der Waals surface area contributed by atoms with E-state index in [1.165, 1.54) is 52.5 Å². The highest BCUT2D eigenvalue weighted by Gasteiger charge is 2.48. The lowest BCUT2D eigenvalue weighted by Crippen LogP contribution is -2.61. The van der Waals surface area contributed by atoms with Gasteiger partial charge >= 0.3 is 18.1 Å². The number of carbonyl (C=O) groups is 5. The van der Waals surface area contributed by atoms with Crippen molar-refractivity contribution in [2.45, 2.75) is 126 Å². The number of nitrogens with one attached hydrogen (secondary N) is 1. The van der Waals surface area contributed by atoms with E-state index in [1.54, 1.807) is 95.6 Å². The molecular weight excluding hydrogens is 1970 g/mol. The van der Waals surface area contributed by atoms with E-state index in [-0.39, 0.29) is 79.5 Å². The number of guanidine groups is 1. The molecule has 30 nitrogen and oxygen atoms in total. The minimum absolute atomic E-state index is 0.00131. The number of benzene rings is 10. The molecule has 39 heteroatoms. The van der Waals surface area contributed by atoms with E-state index in [4.69, 9.17) is 101 Å². The summed E-state index contributed by atoms with van der Waals surface area (Å²) in [5, 5.41) is 49.0. The number of amides is 2. The Kier molecular flexibility index (Phi) is 37.8. The third-order valence-corrected chi connectivity index (χ3v) is 27.5. The number of likely N-dealkylation sites (tertiary alicyclic amines) is 2. The Hall–Kier alpha value is -11.7. The van der Waals surface area contributed by atoms with Crippen molar-refractivity contribution in [1.29, 1.82) is 0 Å². The van der Waals surface area contributed by atoms with Crippen molar-refractivity contribution in [3.8, 4) is 23.0 Å². The van der Waals surface area contributed by atoms with Gasteiger partial charge in [-0.05, 0) is 174 Å². The van der Waals surface area contributed by atoms with Crippen LogP contribution in [0.25, 0.3) is 0 Å². The van der Waals surface area contributed by atoms with Crippen molar-refractivity contribution in [3.05, 3.63) is 312 Å². The van der Waals surface area contributed by atoms with Crippen molar-refractivity contribution < 1.29 is 113 Å². The quantitative estimate of drug-likeness (QED) is 0.0165. The second-order valence-electron chi connectivity index (χ2n) is 34.5. The molecule has 0 unspecified atom stereocenters. The third-order valence-electron chi connectivity index (χ3n) is 23.7. The van der Waals surface area contributed by atoms with Crippen molar-refractivity contribution in [1.82, 2.24) is 19.5 Å². The molecule has 141 heavy (non-hydrogen) atoms. The maximum atomic E-state index is 14.4. The van der Waals surface area contributed by atoms with Gasteiger partial charge in [0.15, 0.2) is 11.5 Å². The molecular formula is C102H109Cl5F2N8O22S2. The van der Waals surface area contributed by atoms with Crippen molar-refractivity contribution in [3.63, 3.8) is 0 Å². The molecule has 0 aliphatic carbocycles. The zero-order chi connectivity index (χ0) is 102. The van der Waals surface area contributed by atoms with E-state index in [2.05, 4.69) is 19.4 Å². The fourth-order valence-electron chi connectivity index (χ4n) is 16.8. The Morgan fingerprint density at radius 1 is 0.645 bits per heavy atom. The average molecular weight is 2080 g/mol. The maximum absolute atomic E-state index is 14.4. The summed E-state index contributed by atoms with van der Waals surface area (Å²) in [6.07, 6.45) is -7.38. The predicted molar refractivity (Wildman–Crippen MR) is 532 cm³/mol. The Balaban J connectivity index is 0.000000170. The number of esters is 1. The van der Waals surface area contributed by atoms with E-state index in [0.717, 1.165) is 67.5 Å². The first-order valence-corrected chi connectivity index (χ1v) is 50.1. The molecule has 15 rings (SSSR count). The minimum atomic E-state index is -3.86. The second kappa shape index (κ2) is 49.3. The van der Waals surface area contributed by atoms with Gasteiger partial charge in [-0.2, -0.15) is 5.10 Å². The number of methoxy groups -OCH3 is 3. The lowest BCUT2D eigenvalue weighted by Gasteiger charge is -2.48. The Labute approximate surface area is 842 Å². The summed E-state index contributed by atoms with van der Waals surface area (Å²) in [5.41, 5.74) is 7.63. The number of hydrogen-bond acceptors (Lipinski definition) is 24. The molecule has 750 valence electrons. The highest BCUT2D eigenvalue weighted by Crippen LogP contribution is 2.47. The number of carbonyl (C=O) groups excluding carboxylic acids is 4. The van der Waals surface area contributed by atoms with Gasteiger partial charge in [0.25, 0.3) is 15.9 Å². The van der Waals surface area contributed by atoms with Gasteiger partial charge in [-0.25, -0.2) is 40.1 Å². The van der Waals surface area contributed by atoms with E-state index in [0.29, 0.717) is 117 Å². The molecule has 8 atom stereocenters. The van der Waals surface area contributed by atoms with Crippen LogP contribution < -0.4 is 32.9 Å². The number of para-hydroxylation sites is 2. The van der Waals surface area contributed by atoms with Crippen molar-refractivity contribution >= 4 is 131 Å². The number of aliphatic carboxylic acids is 1. The summed E-state index contributed by atoms with van der Waals surface area (Å²) in [6.45, 7) is 8.68. The first-order valence-electron chi connectivity index (χ1n) is 44.8. The van der Waals surface area contributed by atoms with Gasteiger partial charge in [-0.15, -0.1) is 0 Å². The van der Waals surface area contributed by atoms with Crippen molar-refractivity contribution in [2.24, 2.45) is 21.4 Å². The number of carboxylic acids is 1.